The SMILES string of the molecule is O=C(O)Cc1ncc(-c2ccccc2)cc1C(=O)O. The van der Waals surface area contributed by atoms with Crippen molar-refractivity contribution < 1.29 is 19.8 Å². The van der Waals surface area contributed by atoms with Crippen molar-refractivity contribution >= 4 is 11.9 Å². The van der Waals surface area contributed by atoms with Crippen LogP contribution in [0.1, 0.15) is 16.1 Å². The Morgan fingerprint density at radius 2 is 1.74 bits per heavy atom. The van der Waals surface area contributed by atoms with E-state index in [1.807, 2.05) is 30.3 Å². The molecule has 2 rings (SSSR count). The molecule has 0 spiro atoms. The molecule has 1 heterocycles. The lowest BCUT2D eigenvalue weighted by Crippen LogP contribution is -2.10. The molecule has 0 aliphatic carbocycles. The van der Waals surface area contributed by atoms with E-state index in [0.717, 1.165) is 5.56 Å². The van der Waals surface area contributed by atoms with Crippen LogP contribution in [0.15, 0.2) is 42.6 Å². The smallest absolute Gasteiger partial charge is 0.337 e. The fourth-order valence-corrected chi connectivity index (χ4v) is 1.75. The molecule has 0 aliphatic heterocycles. The van der Waals surface area contributed by atoms with Crippen molar-refractivity contribution in [1.29, 1.82) is 0 Å². The fourth-order valence-electron chi connectivity index (χ4n) is 1.75. The molecule has 0 radical (unpaired) electrons. The lowest BCUT2D eigenvalue weighted by atomic mass is 10.0. The Labute approximate surface area is 109 Å². The van der Waals surface area contributed by atoms with Gasteiger partial charge in [-0.1, -0.05) is 30.3 Å². The van der Waals surface area contributed by atoms with Crippen LogP contribution in [-0.4, -0.2) is 27.1 Å². The van der Waals surface area contributed by atoms with E-state index in [4.69, 9.17) is 10.2 Å². The summed E-state index contributed by atoms with van der Waals surface area (Å²) in [6.07, 6.45) is 1.08. The van der Waals surface area contributed by atoms with Crippen LogP contribution >= 0.6 is 0 Å². The van der Waals surface area contributed by atoms with Crippen LogP contribution in [0.5, 0.6) is 0 Å². The Morgan fingerprint density at radius 3 is 2.32 bits per heavy atom. The van der Waals surface area contributed by atoms with E-state index < -0.39 is 18.4 Å². The highest BCUT2D eigenvalue weighted by molar-refractivity contribution is 5.91. The Hall–Kier alpha value is -2.69. The zero-order valence-electron chi connectivity index (χ0n) is 9.91. The average Bonchev–Trinajstić information content (AvgIpc) is 2.39. The van der Waals surface area contributed by atoms with Gasteiger partial charge in [-0.2, -0.15) is 0 Å². The Kier molecular flexibility index (Phi) is 3.56. The van der Waals surface area contributed by atoms with Gasteiger partial charge in [0, 0.05) is 11.8 Å². The molecule has 1 aromatic heterocycles. The zero-order chi connectivity index (χ0) is 13.8. The molecule has 0 saturated heterocycles. The molecule has 19 heavy (non-hydrogen) atoms. The third-order valence-electron chi connectivity index (χ3n) is 2.63. The second-order valence-corrected chi connectivity index (χ2v) is 3.96. The Balaban J connectivity index is 2.48. The average molecular weight is 257 g/mol. The maximum absolute atomic E-state index is 11.2. The van der Waals surface area contributed by atoms with E-state index in [9.17, 15) is 9.59 Å². The summed E-state index contributed by atoms with van der Waals surface area (Å²) >= 11 is 0. The van der Waals surface area contributed by atoms with Gasteiger partial charge in [-0.25, -0.2) is 4.79 Å². The molecule has 0 fully saturated rings. The Bertz CT molecular complexity index is 623. The minimum Gasteiger partial charge on any atom is -0.481 e. The molecule has 0 amide bonds. The first kappa shape index (κ1) is 12.8. The largest absolute Gasteiger partial charge is 0.481 e. The van der Waals surface area contributed by atoms with Crippen molar-refractivity contribution in [3.05, 3.63) is 53.9 Å². The highest BCUT2D eigenvalue weighted by Gasteiger charge is 2.15. The number of hydrogen-bond donors (Lipinski definition) is 2. The van der Waals surface area contributed by atoms with Crippen LogP contribution in [0.3, 0.4) is 0 Å². The van der Waals surface area contributed by atoms with Crippen LogP contribution < -0.4 is 0 Å². The monoisotopic (exact) mass is 257 g/mol. The molecule has 2 N–H and O–H groups in total. The molecule has 96 valence electrons. The van der Waals surface area contributed by atoms with Crippen LogP contribution in [0.25, 0.3) is 11.1 Å². The number of aromatic nitrogens is 1. The number of benzene rings is 1. The van der Waals surface area contributed by atoms with Crippen LogP contribution in [0.4, 0.5) is 0 Å². The van der Waals surface area contributed by atoms with Gasteiger partial charge >= 0.3 is 11.9 Å². The van der Waals surface area contributed by atoms with Crippen LogP contribution in [0.2, 0.25) is 0 Å². The number of carboxylic acid groups (broad SMARTS) is 2. The number of rotatable bonds is 4. The number of aromatic carboxylic acids is 1. The third kappa shape index (κ3) is 2.95. The van der Waals surface area contributed by atoms with Gasteiger partial charge in [-0.15, -0.1) is 0 Å². The lowest BCUT2D eigenvalue weighted by molar-refractivity contribution is -0.136. The molecular formula is C14H11NO4. The van der Waals surface area contributed by atoms with Gasteiger partial charge in [0.05, 0.1) is 17.7 Å². The highest BCUT2D eigenvalue weighted by atomic mass is 16.4. The summed E-state index contributed by atoms with van der Waals surface area (Å²) in [7, 11) is 0. The fraction of sp³-hybridized carbons (Fsp3) is 0.0714. The second-order valence-electron chi connectivity index (χ2n) is 3.96. The molecule has 5 heteroatoms. The van der Waals surface area contributed by atoms with Crippen molar-refractivity contribution in [3.63, 3.8) is 0 Å². The van der Waals surface area contributed by atoms with Gasteiger partial charge in [0.1, 0.15) is 0 Å². The number of carboxylic acids is 2. The van der Waals surface area contributed by atoms with Gasteiger partial charge < -0.3 is 10.2 Å². The summed E-state index contributed by atoms with van der Waals surface area (Å²) in [6.45, 7) is 0. The van der Waals surface area contributed by atoms with Gasteiger partial charge in [-0.3, -0.25) is 9.78 Å². The highest BCUT2D eigenvalue weighted by Crippen LogP contribution is 2.21. The Morgan fingerprint density at radius 1 is 1.05 bits per heavy atom. The predicted molar refractivity (Wildman–Crippen MR) is 68.0 cm³/mol. The standard InChI is InChI=1S/C14H11NO4/c16-13(17)7-12-11(14(18)19)6-10(8-15-12)9-4-2-1-3-5-9/h1-6,8H,7H2,(H,16,17)(H,18,19). The number of aliphatic carboxylic acids is 1. The minimum absolute atomic E-state index is 0.0553. The molecule has 0 saturated carbocycles. The third-order valence-corrected chi connectivity index (χ3v) is 2.63. The summed E-state index contributed by atoms with van der Waals surface area (Å²) in [6, 6.07) is 10.6. The van der Waals surface area contributed by atoms with E-state index in [-0.39, 0.29) is 11.3 Å². The van der Waals surface area contributed by atoms with Crippen molar-refractivity contribution in [2.24, 2.45) is 0 Å². The van der Waals surface area contributed by atoms with Gasteiger partial charge in [0.25, 0.3) is 0 Å². The minimum atomic E-state index is -1.18. The van der Waals surface area contributed by atoms with Crippen molar-refractivity contribution in [1.82, 2.24) is 4.98 Å². The van der Waals surface area contributed by atoms with Crippen LogP contribution in [-0.2, 0) is 11.2 Å². The van der Waals surface area contributed by atoms with E-state index in [2.05, 4.69) is 4.98 Å². The zero-order valence-corrected chi connectivity index (χ0v) is 9.91. The topological polar surface area (TPSA) is 87.5 Å². The van der Waals surface area contributed by atoms with Crippen molar-refractivity contribution in [2.45, 2.75) is 6.42 Å². The molecule has 5 nitrogen and oxygen atoms in total. The summed E-state index contributed by atoms with van der Waals surface area (Å²) in [4.78, 5) is 25.8. The van der Waals surface area contributed by atoms with E-state index >= 15 is 0 Å². The molecule has 0 aliphatic rings. The van der Waals surface area contributed by atoms with Gasteiger partial charge in [0.2, 0.25) is 0 Å². The van der Waals surface area contributed by atoms with E-state index in [0.29, 0.717) is 5.56 Å². The van der Waals surface area contributed by atoms with Crippen molar-refractivity contribution in [3.8, 4) is 11.1 Å². The van der Waals surface area contributed by atoms with Gasteiger partial charge in [0.15, 0.2) is 0 Å². The van der Waals surface area contributed by atoms with Crippen LogP contribution in [0, 0.1) is 0 Å². The van der Waals surface area contributed by atoms with Crippen molar-refractivity contribution in [2.75, 3.05) is 0 Å². The summed E-state index contributed by atoms with van der Waals surface area (Å²) in [5.41, 5.74) is 1.45. The molecular weight excluding hydrogens is 246 g/mol. The second kappa shape index (κ2) is 5.30. The predicted octanol–water partition coefficient (Wildman–Crippen LogP) is 2.07. The maximum Gasteiger partial charge on any atom is 0.337 e. The quantitative estimate of drug-likeness (QED) is 0.875. The molecule has 0 bridgehead atoms. The number of nitrogens with zero attached hydrogens (tertiary/aromatic N) is 1. The van der Waals surface area contributed by atoms with Gasteiger partial charge in [-0.05, 0) is 11.6 Å². The lowest BCUT2D eigenvalue weighted by Gasteiger charge is -2.06. The maximum atomic E-state index is 11.2. The first-order chi connectivity index (χ1) is 9.08. The first-order valence-electron chi connectivity index (χ1n) is 5.57. The molecule has 0 unspecified atom stereocenters. The molecule has 2 aromatic rings. The number of pyridine rings is 1. The molecule has 1 aromatic carbocycles. The number of carbonyl (C=O) groups is 2. The van der Waals surface area contributed by atoms with E-state index in [1.54, 1.807) is 0 Å². The summed E-state index contributed by atoms with van der Waals surface area (Å²) < 4.78 is 0. The first-order valence-corrected chi connectivity index (χ1v) is 5.57. The summed E-state index contributed by atoms with van der Waals surface area (Å²) in [5, 5.41) is 17.8. The normalized spacial score (nSPS) is 10.1. The summed E-state index contributed by atoms with van der Waals surface area (Å²) in [5.74, 6) is -2.29. The number of hydrogen-bond acceptors (Lipinski definition) is 3. The van der Waals surface area contributed by atoms with E-state index in [1.165, 1.54) is 12.3 Å². The molecule has 0 atom stereocenters.